The third-order valence-electron chi connectivity index (χ3n) is 4.13. The Kier molecular flexibility index (Phi) is 4.28. The fourth-order valence-corrected chi connectivity index (χ4v) is 3.55. The summed E-state index contributed by atoms with van der Waals surface area (Å²) in [6.45, 7) is 0. The second-order valence-corrected chi connectivity index (χ2v) is 6.69. The summed E-state index contributed by atoms with van der Waals surface area (Å²) in [7, 11) is 1.58. The van der Waals surface area contributed by atoms with Gasteiger partial charge in [-0.1, -0.05) is 0 Å². The molecule has 4 aromatic rings. The van der Waals surface area contributed by atoms with Gasteiger partial charge in [0.2, 0.25) is 0 Å². The van der Waals surface area contributed by atoms with Crippen LogP contribution in [-0.4, -0.2) is 17.0 Å². The van der Waals surface area contributed by atoms with Gasteiger partial charge in [0.1, 0.15) is 16.3 Å². The van der Waals surface area contributed by atoms with Crippen molar-refractivity contribution in [2.45, 2.75) is 0 Å². The highest BCUT2D eigenvalue weighted by Gasteiger charge is 2.15. The molecule has 0 atom stereocenters. The summed E-state index contributed by atoms with van der Waals surface area (Å²) in [5.41, 5.74) is 0.150. The average Bonchev–Trinajstić information content (AvgIpc) is 3.17. The molecule has 0 spiro atoms. The first kappa shape index (κ1) is 17.7. The average molecular weight is 395 g/mol. The van der Waals surface area contributed by atoms with E-state index in [9.17, 15) is 20.0 Å². The first-order chi connectivity index (χ1) is 13.5. The molecule has 0 saturated carbocycles. The van der Waals surface area contributed by atoms with Gasteiger partial charge in [0, 0.05) is 22.4 Å². The molecule has 8 nitrogen and oxygen atoms in total. The lowest BCUT2D eigenvalue weighted by atomic mass is 10.1. The predicted octanol–water partition coefficient (Wildman–Crippen LogP) is 3.57. The van der Waals surface area contributed by atoms with Gasteiger partial charge in [0.25, 0.3) is 5.69 Å². The molecular weight excluding hydrogens is 384 g/mol. The second-order valence-electron chi connectivity index (χ2n) is 5.83. The van der Waals surface area contributed by atoms with E-state index in [1.807, 2.05) is 12.1 Å². The van der Waals surface area contributed by atoms with Crippen LogP contribution >= 0.6 is 11.3 Å². The molecule has 0 amide bonds. The molecule has 0 unspecified atom stereocenters. The maximum atomic E-state index is 12.3. The Bertz CT molecular complexity index is 1260. The van der Waals surface area contributed by atoms with Gasteiger partial charge in [0.15, 0.2) is 0 Å². The number of hydrogen-bond donors (Lipinski definition) is 0. The maximum absolute atomic E-state index is 12.3. The zero-order valence-electron chi connectivity index (χ0n) is 14.4. The molecule has 0 aliphatic rings. The van der Waals surface area contributed by atoms with Crippen molar-refractivity contribution in [2.24, 2.45) is 0 Å². The van der Waals surface area contributed by atoms with Crippen LogP contribution in [0.2, 0.25) is 0 Å². The van der Waals surface area contributed by atoms with E-state index in [1.165, 1.54) is 17.4 Å². The van der Waals surface area contributed by atoms with Crippen molar-refractivity contribution < 1.29 is 19.2 Å². The Morgan fingerprint density at radius 1 is 1.18 bits per heavy atom. The van der Waals surface area contributed by atoms with Crippen LogP contribution in [0.25, 0.3) is 32.8 Å². The van der Waals surface area contributed by atoms with Gasteiger partial charge in [0.05, 0.1) is 23.3 Å². The van der Waals surface area contributed by atoms with Crippen molar-refractivity contribution in [1.82, 2.24) is 4.98 Å². The molecule has 9 heteroatoms. The third-order valence-corrected chi connectivity index (χ3v) is 5.02. The molecule has 2 aromatic carbocycles. The topological polar surface area (TPSA) is 119 Å². The molecule has 28 heavy (non-hydrogen) atoms. The number of aromatic nitrogens is 1. The largest absolute Gasteiger partial charge is 0.868 e. The van der Waals surface area contributed by atoms with Gasteiger partial charge >= 0.3 is 5.63 Å². The third kappa shape index (κ3) is 3.08. The lowest BCUT2D eigenvalue weighted by Gasteiger charge is -2.07. The van der Waals surface area contributed by atoms with E-state index in [0.717, 1.165) is 23.4 Å². The molecule has 140 valence electrons. The Balaban J connectivity index is 1.79. The van der Waals surface area contributed by atoms with E-state index in [-0.39, 0.29) is 16.5 Å². The van der Waals surface area contributed by atoms with E-state index >= 15 is 0 Å². The Morgan fingerprint density at radius 2 is 1.93 bits per heavy atom. The van der Waals surface area contributed by atoms with Crippen LogP contribution in [0.15, 0.2) is 57.1 Å². The minimum absolute atomic E-state index is 0.00467. The molecule has 4 rings (SSSR count). The van der Waals surface area contributed by atoms with Crippen molar-refractivity contribution in [2.75, 3.05) is 7.11 Å². The number of rotatable bonds is 4. The standard InChI is InChI=1S/C19H12N2O6S/c1-26-12-4-2-10(3-5-12)18-20-14(9-28-18)13-6-11-7-15(21(24)25)16(22)8-17(11)27-19(13)23/h2-9,22H,1H3/p-1. The van der Waals surface area contributed by atoms with Gasteiger partial charge in [-0.2, -0.15) is 0 Å². The molecule has 2 heterocycles. The molecule has 0 radical (unpaired) electrons. The zero-order chi connectivity index (χ0) is 19.8. The Labute approximate surface area is 161 Å². The number of fused-ring (bicyclic) bond motifs is 1. The molecular formula is C19H11N2O6S-. The summed E-state index contributed by atoms with van der Waals surface area (Å²) in [5, 5.41) is 25.4. The van der Waals surface area contributed by atoms with E-state index < -0.39 is 22.0 Å². The van der Waals surface area contributed by atoms with Crippen LogP contribution in [0, 0.1) is 10.1 Å². The fourth-order valence-electron chi connectivity index (χ4n) is 2.72. The van der Waals surface area contributed by atoms with Crippen LogP contribution in [0.1, 0.15) is 0 Å². The smallest absolute Gasteiger partial charge is 0.345 e. The summed E-state index contributed by atoms with van der Waals surface area (Å²) in [4.78, 5) is 27.0. The van der Waals surface area contributed by atoms with Gasteiger partial charge in [-0.25, -0.2) is 9.78 Å². The van der Waals surface area contributed by atoms with Crippen LogP contribution in [0.5, 0.6) is 11.5 Å². The zero-order valence-corrected chi connectivity index (χ0v) is 15.2. The predicted molar refractivity (Wildman–Crippen MR) is 102 cm³/mol. The molecule has 0 bridgehead atoms. The number of nitro groups is 1. The molecule has 2 aromatic heterocycles. The maximum Gasteiger partial charge on any atom is 0.345 e. The van der Waals surface area contributed by atoms with Gasteiger partial charge in [-0.05, 0) is 42.1 Å². The molecule has 0 fully saturated rings. The van der Waals surface area contributed by atoms with Crippen molar-refractivity contribution in [3.8, 4) is 33.3 Å². The lowest BCUT2D eigenvalue weighted by molar-refractivity contribution is -0.398. The van der Waals surface area contributed by atoms with Crippen LogP contribution in [0.3, 0.4) is 0 Å². The number of nitrogens with zero attached hydrogens (tertiary/aromatic N) is 2. The summed E-state index contributed by atoms with van der Waals surface area (Å²) < 4.78 is 10.3. The normalized spacial score (nSPS) is 10.9. The summed E-state index contributed by atoms with van der Waals surface area (Å²) in [6, 6.07) is 10.8. The highest BCUT2D eigenvalue weighted by molar-refractivity contribution is 7.13. The monoisotopic (exact) mass is 395 g/mol. The van der Waals surface area contributed by atoms with Crippen molar-refractivity contribution in [3.05, 3.63) is 68.4 Å². The van der Waals surface area contributed by atoms with E-state index in [2.05, 4.69) is 4.98 Å². The molecule has 0 aliphatic heterocycles. The summed E-state index contributed by atoms with van der Waals surface area (Å²) >= 11 is 1.34. The number of ether oxygens (including phenoxy) is 1. The van der Waals surface area contributed by atoms with E-state index in [0.29, 0.717) is 10.7 Å². The molecule has 0 N–H and O–H groups in total. The number of hydrogen-bond acceptors (Lipinski definition) is 8. The van der Waals surface area contributed by atoms with E-state index in [4.69, 9.17) is 9.15 Å². The van der Waals surface area contributed by atoms with Crippen molar-refractivity contribution in [1.29, 1.82) is 0 Å². The van der Waals surface area contributed by atoms with Crippen LogP contribution < -0.4 is 15.5 Å². The van der Waals surface area contributed by atoms with Crippen molar-refractivity contribution >= 4 is 28.0 Å². The summed E-state index contributed by atoms with van der Waals surface area (Å²) in [6.07, 6.45) is 0. The first-order valence-corrected chi connectivity index (χ1v) is 8.88. The highest BCUT2D eigenvalue weighted by Crippen LogP contribution is 2.32. The van der Waals surface area contributed by atoms with Gasteiger partial charge < -0.3 is 14.3 Å². The van der Waals surface area contributed by atoms with Crippen LogP contribution in [-0.2, 0) is 0 Å². The lowest BCUT2D eigenvalue weighted by Crippen LogP contribution is -2.04. The minimum atomic E-state index is -0.816. The number of benzene rings is 2. The van der Waals surface area contributed by atoms with Crippen molar-refractivity contribution in [3.63, 3.8) is 0 Å². The fraction of sp³-hybridized carbons (Fsp3) is 0.0526. The Morgan fingerprint density at radius 3 is 2.61 bits per heavy atom. The van der Waals surface area contributed by atoms with Gasteiger partial charge in [-0.15, -0.1) is 11.3 Å². The summed E-state index contributed by atoms with van der Waals surface area (Å²) in [5.74, 6) is -0.0982. The van der Waals surface area contributed by atoms with Gasteiger partial charge in [-0.3, -0.25) is 10.1 Å². The minimum Gasteiger partial charge on any atom is -0.868 e. The number of thiazole rings is 1. The molecule has 0 aliphatic carbocycles. The molecule has 0 saturated heterocycles. The van der Waals surface area contributed by atoms with E-state index in [1.54, 1.807) is 24.6 Å². The first-order valence-electron chi connectivity index (χ1n) is 8.00. The Hall–Kier alpha value is -3.72. The number of methoxy groups -OCH3 is 1. The number of nitro benzene ring substituents is 1. The SMILES string of the molecule is COc1ccc(-c2nc(-c3cc4cc([N+](=O)[O-])c([O-])cc4oc3=O)cs2)cc1. The highest BCUT2D eigenvalue weighted by atomic mass is 32.1. The quantitative estimate of drug-likeness (QED) is 0.294. The van der Waals surface area contributed by atoms with Crippen LogP contribution in [0.4, 0.5) is 5.69 Å². The second kappa shape index (κ2) is 6.78.